The Morgan fingerprint density at radius 2 is 1.66 bits per heavy atom. The summed E-state index contributed by atoms with van der Waals surface area (Å²) in [4.78, 5) is 29.0. The van der Waals surface area contributed by atoms with Gasteiger partial charge in [0.05, 0.1) is 12.5 Å². The molecule has 150 valence electrons. The molecule has 7 heteroatoms. The van der Waals surface area contributed by atoms with Gasteiger partial charge in [0.1, 0.15) is 11.9 Å². The van der Waals surface area contributed by atoms with Crippen molar-refractivity contribution in [1.82, 2.24) is 25.8 Å². The number of aromatic amines is 1. The molecule has 0 bridgehead atoms. The van der Waals surface area contributed by atoms with Crippen molar-refractivity contribution < 1.29 is 9.59 Å². The molecule has 0 unspecified atom stereocenters. The molecular formula is C22H25N5O2. The van der Waals surface area contributed by atoms with Crippen LogP contribution in [-0.2, 0) is 9.59 Å². The first-order valence-electron chi connectivity index (χ1n) is 9.49. The zero-order valence-electron chi connectivity index (χ0n) is 16.8. The highest BCUT2D eigenvalue weighted by atomic mass is 16.2. The second-order valence-electron chi connectivity index (χ2n) is 7.06. The summed E-state index contributed by atoms with van der Waals surface area (Å²) in [7, 11) is 0. The Kier molecular flexibility index (Phi) is 6.39. The highest BCUT2D eigenvalue weighted by molar-refractivity contribution is 5.79. The first-order chi connectivity index (χ1) is 13.9. The van der Waals surface area contributed by atoms with Crippen LogP contribution < -0.4 is 10.6 Å². The Bertz CT molecular complexity index is 966. The first kappa shape index (κ1) is 20.3. The molecule has 1 aromatic heterocycles. The second-order valence-corrected chi connectivity index (χ2v) is 7.06. The lowest BCUT2D eigenvalue weighted by Crippen LogP contribution is -2.35. The number of carbonyl (C=O) groups excluding carboxylic acids is 2. The number of benzene rings is 2. The van der Waals surface area contributed by atoms with E-state index in [9.17, 15) is 9.59 Å². The van der Waals surface area contributed by atoms with Crippen molar-refractivity contribution in [3.8, 4) is 0 Å². The van der Waals surface area contributed by atoms with Gasteiger partial charge in [0.2, 0.25) is 11.8 Å². The summed E-state index contributed by atoms with van der Waals surface area (Å²) in [6.45, 7) is 5.25. The summed E-state index contributed by atoms with van der Waals surface area (Å²) in [6, 6.07) is 16.4. The van der Waals surface area contributed by atoms with E-state index in [0.29, 0.717) is 11.6 Å². The zero-order chi connectivity index (χ0) is 20.8. The number of rotatable bonds is 7. The van der Waals surface area contributed by atoms with Crippen molar-refractivity contribution in [3.63, 3.8) is 0 Å². The number of nitrogens with one attached hydrogen (secondary N) is 3. The van der Waals surface area contributed by atoms with Crippen LogP contribution in [0, 0.1) is 13.8 Å². The summed E-state index contributed by atoms with van der Waals surface area (Å²) in [5, 5.41) is 12.9. The number of H-pyrrole nitrogens is 1. The largest absolute Gasteiger partial charge is 0.349 e. The van der Waals surface area contributed by atoms with Crippen LogP contribution in [0.25, 0.3) is 0 Å². The zero-order valence-corrected chi connectivity index (χ0v) is 16.8. The quantitative estimate of drug-likeness (QED) is 0.577. The van der Waals surface area contributed by atoms with E-state index in [-0.39, 0.29) is 18.2 Å². The maximum absolute atomic E-state index is 12.9. The van der Waals surface area contributed by atoms with Gasteiger partial charge in [-0.3, -0.25) is 14.7 Å². The molecule has 29 heavy (non-hydrogen) atoms. The Morgan fingerprint density at radius 3 is 2.24 bits per heavy atom. The summed E-state index contributed by atoms with van der Waals surface area (Å²) in [5.41, 5.74) is 2.88. The fourth-order valence-corrected chi connectivity index (χ4v) is 3.13. The average molecular weight is 391 g/mol. The van der Waals surface area contributed by atoms with Gasteiger partial charge in [-0.1, -0.05) is 60.2 Å². The van der Waals surface area contributed by atoms with Gasteiger partial charge in [-0.25, -0.2) is 4.98 Å². The van der Waals surface area contributed by atoms with E-state index in [4.69, 9.17) is 0 Å². The third-order valence-corrected chi connectivity index (χ3v) is 4.56. The smallest absolute Gasteiger partial charge is 0.223 e. The van der Waals surface area contributed by atoms with Crippen molar-refractivity contribution in [2.75, 3.05) is 0 Å². The number of carbonyl (C=O) groups is 2. The van der Waals surface area contributed by atoms with Crippen molar-refractivity contribution >= 4 is 11.8 Å². The van der Waals surface area contributed by atoms with Gasteiger partial charge in [0, 0.05) is 6.92 Å². The third kappa shape index (κ3) is 5.51. The Balaban J connectivity index is 1.80. The van der Waals surface area contributed by atoms with Crippen LogP contribution in [-0.4, -0.2) is 27.0 Å². The summed E-state index contributed by atoms with van der Waals surface area (Å²) < 4.78 is 0. The number of amides is 2. The van der Waals surface area contributed by atoms with Crippen LogP contribution in [0.3, 0.4) is 0 Å². The topological polar surface area (TPSA) is 99.8 Å². The van der Waals surface area contributed by atoms with Gasteiger partial charge in [-0.05, 0) is 25.0 Å². The van der Waals surface area contributed by atoms with Crippen molar-refractivity contribution in [3.05, 3.63) is 82.9 Å². The molecule has 3 N–H and O–H groups in total. The molecule has 0 radical (unpaired) electrons. The molecule has 2 aromatic carbocycles. The monoisotopic (exact) mass is 391 g/mol. The molecule has 0 aliphatic heterocycles. The van der Waals surface area contributed by atoms with Crippen molar-refractivity contribution in [2.24, 2.45) is 0 Å². The second kappa shape index (κ2) is 9.14. The maximum atomic E-state index is 12.9. The highest BCUT2D eigenvalue weighted by Crippen LogP contribution is 2.22. The number of nitrogens with zero attached hydrogens (tertiary/aromatic N) is 2. The van der Waals surface area contributed by atoms with E-state index >= 15 is 0 Å². The molecule has 2 amide bonds. The molecule has 0 aliphatic rings. The van der Waals surface area contributed by atoms with E-state index in [1.165, 1.54) is 6.92 Å². The molecule has 3 aromatic rings. The van der Waals surface area contributed by atoms with Crippen LogP contribution in [0.5, 0.6) is 0 Å². The normalized spacial score (nSPS) is 12.8. The van der Waals surface area contributed by atoms with Crippen molar-refractivity contribution in [1.29, 1.82) is 0 Å². The Morgan fingerprint density at radius 1 is 0.966 bits per heavy atom. The summed E-state index contributed by atoms with van der Waals surface area (Å²) in [6.07, 6.45) is 0.107. The molecule has 3 rings (SSSR count). The predicted molar refractivity (Wildman–Crippen MR) is 110 cm³/mol. The van der Waals surface area contributed by atoms with E-state index in [2.05, 4.69) is 25.8 Å². The number of hydrogen-bond donors (Lipinski definition) is 3. The fraction of sp³-hybridized carbons (Fsp3) is 0.273. The molecule has 0 fully saturated rings. The minimum atomic E-state index is -0.482. The number of aryl methyl sites for hydroxylation is 2. The lowest BCUT2D eigenvalue weighted by molar-refractivity contribution is -0.123. The lowest BCUT2D eigenvalue weighted by atomic mass is 10.0. The van der Waals surface area contributed by atoms with E-state index in [0.717, 1.165) is 16.7 Å². The van der Waals surface area contributed by atoms with Crippen LogP contribution in [0.15, 0.2) is 54.6 Å². The van der Waals surface area contributed by atoms with E-state index in [1.807, 2.05) is 68.4 Å². The molecule has 0 saturated carbocycles. The molecule has 2 atom stereocenters. The molecule has 0 aliphatic carbocycles. The van der Waals surface area contributed by atoms with E-state index in [1.54, 1.807) is 0 Å². The molecule has 0 saturated heterocycles. The van der Waals surface area contributed by atoms with E-state index < -0.39 is 12.1 Å². The van der Waals surface area contributed by atoms with Gasteiger partial charge < -0.3 is 10.6 Å². The van der Waals surface area contributed by atoms with Crippen LogP contribution >= 0.6 is 0 Å². The Labute approximate surface area is 170 Å². The summed E-state index contributed by atoms with van der Waals surface area (Å²) >= 11 is 0. The molecule has 0 spiro atoms. The molecular weight excluding hydrogens is 366 g/mol. The van der Waals surface area contributed by atoms with Gasteiger partial charge >= 0.3 is 0 Å². The number of aromatic nitrogens is 3. The summed E-state index contributed by atoms with van der Waals surface area (Å²) in [5.74, 6) is 0.771. The van der Waals surface area contributed by atoms with Gasteiger partial charge in [0.15, 0.2) is 5.82 Å². The van der Waals surface area contributed by atoms with Crippen molar-refractivity contribution in [2.45, 2.75) is 39.3 Å². The van der Waals surface area contributed by atoms with Crippen LogP contribution in [0.1, 0.15) is 53.8 Å². The van der Waals surface area contributed by atoms with Gasteiger partial charge in [0.25, 0.3) is 0 Å². The predicted octanol–water partition coefficient (Wildman–Crippen LogP) is 2.89. The van der Waals surface area contributed by atoms with Crippen LogP contribution in [0.4, 0.5) is 0 Å². The molecule has 1 heterocycles. The standard InChI is InChI=1S/C22H25N5O2/c1-14-9-11-17(12-10-14)19(24-16(3)28)13-20(29)25-21(18-7-5-4-6-8-18)22-23-15(2)26-27-22/h4-12,19,21H,13H2,1-3H3,(H,24,28)(H,25,29)(H,23,26,27)/t19-,21+/m0/s1. The van der Waals surface area contributed by atoms with Gasteiger partial charge in [-0.2, -0.15) is 5.10 Å². The highest BCUT2D eigenvalue weighted by Gasteiger charge is 2.23. The molecule has 7 nitrogen and oxygen atoms in total. The van der Waals surface area contributed by atoms with Crippen LogP contribution in [0.2, 0.25) is 0 Å². The Hall–Kier alpha value is -3.48. The first-order valence-corrected chi connectivity index (χ1v) is 9.49. The minimum Gasteiger partial charge on any atom is -0.349 e. The third-order valence-electron chi connectivity index (χ3n) is 4.56. The number of hydrogen-bond acceptors (Lipinski definition) is 4. The van der Waals surface area contributed by atoms with Gasteiger partial charge in [-0.15, -0.1) is 0 Å². The fourth-order valence-electron chi connectivity index (χ4n) is 3.13. The average Bonchev–Trinajstić information content (AvgIpc) is 3.12. The lowest BCUT2D eigenvalue weighted by Gasteiger charge is -2.21. The minimum absolute atomic E-state index is 0.107. The maximum Gasteiger partial charge on any atom is 0.223 e. The SMILES string of the molecule is CC(=O)N[C@@H](CC(=O)N[C@H](c1ccccc1)c1n[nH]c(C)n1)c1ccc(C)cc1.